The molecule has 1 atom stereocenters. The van der Waals surface area contributed by atoms with E-state index in [-0.39, 0.29) is 25.2 Å². The van der Waals surface area contributed by atoms with Crippen molar-refractivity contribution in [3.63, 3.8) is 0 Å². The van der Waals surface area contributed by atoms with Gasteiger partial charge in [0.2, 0.25) is 6.79 Å². The summed E-state index contributed by atoms with van der Waals surface area (Å²) in [6.45, 7) is 0.890. The molecule has 4 nitrogen and oxygen atoms in total. The summed E-state index contributed by atoms with van der Waals surface area (Å²) < 4.78 is 10.6. The van der Waals surface area contributed by atoms with Gasteiger partial charge >= 0.3 is 0 Å². The van der Waals surface area contributed by atoms with Crippen molar-refractivity contribution in [2.45, 2.75) is 12.6 Å². The van der Waals surface area contributed by atoms with Crippen LogP contribution in [-0.4, -0.2) is 6.79 Å². The van der Waals surface area contributed by atoms with Crippen LogP contribution in [0.25, 0.3) is 0 Å². The molecule has 2 aromatic rings. The highest BCUT2D eigenvalue weighted by Crippen LogP contribution is 2.34. The molecule has 1 N–H and O–H groups in total. The zero-order chi connectivity index (χ0) is 13.8. The third-order valence-electron chi connectivity index (χ3n) is 3.21. The second kappa shape index (κ2) is 6.98. The maximum absolute atomic E-state index is 9.32. The van der Waals surface area contributed by atoms with E-state index in [4.69, 9.17) is 9.47 Å². The normalized spacial score (nSPS) is 13.1. The van der Waals surface area contributed by atoms with Crippen LogP contribution in [0.4, 0.5) is 0 Å². The van der Waals surface area contributed by atoms with E-state index in [1.807, 2.05) is 48.5 Å². The molecule has 1 unspecified atom stereocenters. The van der Waals surface area contributed by atoms with E-state index in [9.17, 15) is 5.26 Å². The van der Waals surface area contributed by atoms with Crippen LogP contribution in [0, 0.1) is 11.3 Å². The third kappa shape index (κ3) is 3.46. The Balaban J connectivity index is 0.00000161. The maximum Gasteiger partial charge on any atom is 0.231 e. The molecule has 0 spiro atoms. The van der Waals surface area contributed by atoms with Gasteiger partial charge in [-0.25, -0.2) is 0 Å². The Hall–Kier alpha value is -2.22. The number of ether oxygens (including phenoxy) is 2. The van der Waals surface area contributed by atoms with Gasteiger partial charge in [-0.2, -0.15) is 5.26 Å². The van der Waals surface area contributed by atoms with Crippen molar-refractivity contribution in [3.05, 3.63) is 59.7 Å². The van der Waals surface area contributed by atoms with E-state index in [1.54, 1.807) is 0 Å². The van der Waals surface area contributed by atoms with Gasteiger partial charge in [0.1, 0.15) is 6.04 Å². The smallest absolute Gasteiger partial charge is 0.231 e. The van der Waals surface area contributed by atoms with Crippen LogP contribution < -0.4 is 14.8 Å². The Morgan fingerprint density at radius 2 is 1.86 bits per heavy atom. The Labute approximate surface area is 129 Å². The van der Waals surface area contributed by atoms with Crippen LogP contribution in [0.1, 0.15) is 17.2 Å². The van der Waals surface area contributed by atoms with Crippen molar-refractivity contribution in [2.24, 2.45) is 0 Å². The molecule has 1 aliphatic heterocycles. The largest absolute Gasteiger partial charge is 0.454 e. The zero-order valence-electron chi connectivity index (χ0n) is 11.3. The standard InChI is InChI=1S/C16H14N2O2.ClH/c17-9-14(18-10-12-4-2-1-3-5-12)13-6-7-15-16(8-13)20-11-19-15;/h1-8,14,18H,10-11H2;1H. The molecule has 21 heavy (non-hydrogen) atoms. The van der Waals surface area contributed by atoms with Crippen molar-refractivity contribution in [1.82, 2.24) is 5.32 Å². The number of hydrogen-bond acceptors (Lipinski definition) is 4. The number of benzene rings is 2. The Kier molecular flexibility index (Phi) is 5.04. The van der Waals surface area contributed by atoms with Gasteiger partial charge in [-0.1, -0.05) is 36.4 Å². The summed E-state index contributed by atoms with van der Waals surface area (Å²) in [7, 11) is 0. The van der Waals surface area contributed by atoms with Gasteiger partial charge in [0.25, 0.3) is 0 Å². The minimum atomic E-state index is -0.371. The van der Waals surface area contributed by atoms with Gasteiger partial charge in [-0.3, -0.25) is 5.32 Å². The molecule has 3 rings (SSSR count). The molecule has 0 aromatic heterocycles. The number of rotatable bonds is 4. The van der Waals surface area contributed by atoms with Crippen molar-refractivity contribution >= 4 is 12.4 Å². The predicted molar refractivity (Wildman–Crippen MR) is 81.4 cm³/mol. The quantitative estimate of drug-likeness (QED) is 0.942. The molecule has 0 fully saturated rings. The van der Waals surface area contributed by atoms with Gasteiger partial charge in [0, 0.05) is 6.54 Å². The minimum Gasteiger partial charge on any atom is -0.454 e. The first-order valence-electron chi connectivity index (χ1n) is 6.43. The van der Waals surface area contributed by atoms with E-state index in [2.05, 4.69) is 11.4 Å². The van der Waals surface area contributed by atoms with Crippen molar-refractivity contribution in [2.75, 3.05) is 6.79 Å². The van der Waals surface area contributed by atoms with E-state index >= 15 is 0 Å². The summed E-state index contributed by atoms with van der Waals surface area (Å²) in [5.74, 6) is 1.43. The monoisotopic (exact) mass is 302 g/mol. The van der Waals surface area contributed by atoms with E-state index in [0.717, 1.165) is 16.9 Å². The summed E-state index contributed by atoms with van der Waals surface area (Å²) in [5.41, 5.74) is 2.03. The molecule has 2 aromatic carbocycles. The van der Waals surface area contributed by atoms with Crippen LogP contribution >= 0.6 is 12.4 Å². The fourth-order valence-corrected chi connectivity index (χ4v) is 2.15. The SMILES string of the molecule is Cl.N#CC(NCc1ccccc1)c1ccc2c(c1)OCO2. The van der Waals surface area contributed by atoms with E-state index < -0.39 is 0 Å². The number of nitrogens with one attached hydrogen (secondary N) is 1. The molecular weight excluding hydrogens is 288 g/mol. The van der Waals surface area contributed by atoms with Gasteiger partial charge in [-0.05, 0) is 23.3 Å². The second-order valence-electron chi connectivity index (χ2n) is 4.54. The third-order valence-corrected chi connectivity index (χ3v) is 3.21. The first-order valence-corrected chi connectivity index (χ1v) is 6.43. The molecule has 0 bridgehead atoms. The molecule has 0 saturated carbocycles. The lowest BCUT2D eigenvalue weighted by molar-refractivity contribution is 0.174. The van der Waals surface area contributed by atoms with Crippen LogP contribution in [-0.2, 0) is 6.54 Å². The molecule has 108 valence electrons. The topological polar surface area (TPSA) is 54.3 Å². The zero-order valence-corrected chi connectivity index (χ0v) is 12.1. The average molecular weight is 303 g/mol. The summed E-state index contributed by atoms with van der Waals surface area (Å²) >= 11 is 0. The Morgan fingerprint density at radius 3 is 2.62 bits per heavy atom. The molecule has 1 heterocycles. The predicted octanol–water partition coefficient (Wildman–Crippen LogP) is 3.19. The maximum atomic E-state index is 9.32. The fraction of sp³-hybridized carbons (Fsp3) is 0.188. The Morgan fingerprint density at radius 1 is 1.10 bits per heavy atom. The highest BCUT2D eigenvalue weighted by atomic mass is 35.5. The summed E-state index contributed by atoms with van der Waals surface area (Å²) in [5, 5.41) is 12.6. The number of fused-ring (bicyclic) bond motifs is 1. The molecule has 0 radical (unpaired) electrons. The van der Waals surface area contributed by atoms with E-state index in [0.29, 0.717) is 12.3 Å². The molecule has 1 aliphatic rings. The second-order valence-corrected chi connectivity index (χ2v) is 4.54. The van der Waals surface area contributed by atoms with Crippen LogP contribution in [0.5, 0.6) is 11.5 Å². The average Bonchev–Trinajstić information content (AvgIpc) is 2.96. The van der Waals surface area contributed by atoms with Gasteiger partial charge < -0.3 is 9.47 Å². The Bertz CT molecular complexity index is 640. The van der Waals surface area contributed by atoms with E-state index in [1.165, 1.54) is 0 Å². The molecule has 5 heteroatoms. The molecule has 0 amide bonds. The molecule has 0 aliphatic carbocycles. The minimum absolute atomic E-state index is 0. The van der Waals surface area contributed by atoms with Gasteiger partial charge in [0.15, 0.2) is 11.5 Å². The lowest BCUT2D eigenvalue weighted by Gasteiger charge is -2.12. The van der Waals surface area contributed by atoms with Crippen LogP contribution in [0.2, 0.25) is 0 Å². The number of nitriles is 1. The highest BCUT2D eigenvalue weighted by molar-refractivity contribution is 5.85. The highest BCUT2D eigenvalue weighted by Gasteiger charge is 2.17. The summed E-state index contributed by atoms with van der Waals surface area (Å²) in [6, 6.07) is 17.5. The number of nitrogens with zero attached hydrogens (tertiary/aromatic N) is 1. The lowest BCUT2D eigenvalue weighted by Crippen LogP contribution is -2.19. The first-order chi connectivity index (χ1) is 9.86. The van der Waals surface area contributed by atoms with Crippen LogP contribution in [0.3, 0.4) is 0 Å². The number of halogens is 1. The van der Waals surface area contributed by atoms with Crippen molar-refractivity contribution in [3.8, 4) is 17.6 Å². The molecular formula is C16H15ClN2O2. The summed E-state index contributed by atoms with van der Waals surface area (Å²) in [6.07, 6.45) is 0. The van der Waals surface area contributed by atoms with Crippen LogP contribution in [0.15, 0.2) is 48.5 Å². The first kappa shape index (κ1) is 15.2. The van der Waals surface area contributed by atoms with Gasteiger partial charge in [0.05, 0.1) is 6.07 Å². The summed E-state index contributed by atoms with van der Waals surface area (Å²) in [4.78, 5) is 0. The number of hydrogen-bond donors (Lipinski definition) is 1. The fourth-order valence-electron chi connectivity index (χ4n) is 2.15. The van der Waals surface area contributed by atoms with Crippen molar-refractivity contribution in [1.29, 1.82) is 5.26 Å². The molecule has 0 saturated heterocycles. The van der Waals surface area contributed by atoms with Crippen molar-refractivity contribution < 1.29 is 9.47 Å². The van der Waals surface area contributed by atoms with Gasteiger partial charge in [-0.15, -0.1) is 12.4 Å². The lowest BCUT2D eigenvalue weighted by atomic mass is 10.1.